The molecule has 0 unspecified atom stereocenters. The van der Waals surface area contributed by atoms with Crippen molar-refractivity contribution in [1.82, 2.24) is 9.88 Å². The molecule has 3 heterocycles. The average Bonchev–Trinajstić information content (AvgIpc) is 3.09. The van der Waals surface area contributed by atoms with Gasteiger partial charge in [0.05, 0.1) is 13.2 Å². The van der Waals surface area contributed by atoms with Crippen LogP contribution in [0.3, 0.4) is 0 Å². The second-order valence-corrected chi connectivity index (χ2v) is 7.73. The van der Waals surface area contributed by atoms with E-state index in [2.05, 4.69) is 16.9 Å². The summed E-state index contributed by atoms with van der Waals surface area (Å²) in [6.07, 6.45) is 6.49. The van der Waals surface area contributed by atoms with Crippen LogP contribution in [0.2, 0.25) is 0 Å². The van der Waals surface area contributed by atoms with E-state index in [1.54, 1.807) is 17.2 Å². The molecule has 8 heteroatoms. The van der Waals surface area contributed by atoms with E-state index in [4.69, 9.17) is 10.1 Å². The largest absolute Gasteiger partial charge is 0.449 e. The van der Waals surface area contributed by atoms with Crippen LogP contribution in [0.1, 0.15) is 34.5 Å². The van der Waals surface area contributed by atoms with Crippen molar-refractivity contribution in [1.29, 1.82) is 5.41 Å². The summed E-state index contributed by atoms with van der Waals surface area (Å²) in [6, 6.07) is 5.63. The molecule has 1 aliphatic heterocycles. The fraction of sp³-hybridized carbons (Fsp3) is 0.333. The van der Waals surface area contributed by atoms with Gasteiger partial charge in [-0.15, -0.1) is 17.9 Å². The van der Waals surface area contributed by atoms with Gasteiger partial charge < -0.3 is 20.4 Å². The molecule has 3 rings (SSSR count). The number of rotatable bonds is 8. The van der Waals surface area contributed by atoms with Gasteiger partial charge in [0, 0.05) is 41.5 Å². The van der Waals surface area contributed by atoms with E-state index in [-0.39, 0.29) is 12.0 Å². The highest BCUT2D eigenvalue weighted by Crippen LogP contribution is 2.36. The molecule has 2 N–H and O–H groups in total. The number of hydrogen-bond acceptors (Lipinski definition) is 6. The molecule has 0 radical (unpaired) electrons. The van der Waals surface area contributed by atoms with Gasteiger partial charge in [0.25, 0.3) is 0 Å². The Bertz CT molecular complexity index is 895. The molecule has 0 saturated heterocycles. The molecule has 0 aromatic carbocycles. The molecular weight excluding hydrogens is 388 g/mol. The maximum absolute atomic E-state index is 12.4. The van der Waals surface area contributed by atoms with Crippen molar-refractivity contribution in [2.24, 2.45) is 0 Å². The molecule has 2 amide bonds. The number of hydrogen-bond donors (Lipinski definition) is 2. The van der Waals surface area contributed by atoms with E-state index in [1.165, 1.54) is 17.6 Å². The lowest BCUT2D eigenvalue weighted by atomic mass is 10.0. The number of ether oxygens (including phenoxy) is 1. The SMILES string of the molecule is C=CCCOC(=O)N1CCc2c(sc(NC(=O)CCc3ccccn3)c2C=N)C1. The van der Waals surface area contributed by atoms with Crippen LogP contribution in [0.4, 0.5) is 9.80 Å². The monoisotopic (exact) mass is 412 g/mol. The summed E-state index contributed by atoms with van der Waals surface area (Å²) >= 11 is 1.42. The van der Waals surface area contributed by atoms with Crippen molar-refractivity contribution in [2.45, 2.75) is 32.2 Å². The van der Waals surface area contributed by atoms with Crippen LogP contribution < -0.4 is 5.32 Å². The number of amides is 2. The number of fused-ring (bicyclic) bond motifs is 1. The van der Waals surface area contributed by atoms with Crippen LogP contribution in [0.5, 0.6) is 0 Å². The summed E-state index contributed by atoms with van der Waals surface area (Å²) in [4.78, 5) is 31.4. The molecule has 2 aromatic heterocycles. The van der Waals surface area contributed by atoms with E-state index in [1.807, 2.05) is 18.2 Å². The van der Waals surface area contributed by atoms with Gasteiger partial charge in [0.15, 0.2) is 0 Å². The average molecular weight is 413 g/mol. The molecular formula is C21H24N4O3S. The zero-order valence-corrected chi connectivity index (χ0v) is 17.0. The summed E-state index contributed by atoms with van der Waals surface area (Å²) in [7, 11) is 0. The summed E-state index contributed by atoms with van der Waals surface area (Å²) in [5.74, 6) is -0.113. The molecule has 0 saturated carbocycles. The Morgan fingerprint density at radius 2 is 2.28 bits per heavy atom. The Hall–Kier alpha value is -3.00. The maximum Gasteiger partial charge on any atom is 0.410 e. The van der Waals surface area contributed by atoms with Crippen molar-refractivity contribution in [3.05, 3.63) is 58.7 Å². The minimum Gasteiger partial charge on any atom is -0.449 e. The highest BCUT2D eigenvalue weighted by molar-refractivity contribution is 7.16. The standard InChI is InChI=1S/C21H24N4O3S/c1-2-3-12-28-21(27)25-11-9-16-17(13-22)20(29-18(16)14-25)24-19(26)8-7-15-6-4-5-10-23-15/h2,4-6,10,13,22H,1,3,7-9,11-12,14H2,(H,24,26). The third-order valence-corrected chi connectivity index (χ3v) is 5.78. The number of carbonyl (C=O) groups excluding carboxylic acids is 2. The second kappa shape index (κ2) is 9.97. The van der Waals surface area contributed by atoms with E-state index < -0.39 is 0 Å². The van der Waals surface area contributed by atoms with Crippen LogP contribution in [-0.4, -0.2) is 41.3 Å². The van der Waals surface area contributed by atoms with Crippen LogP contribution in [0.25, 0.3) is 0 Å². The highest BCUT2D eigenvalue weighted by Gasteiger charge is 2.27. The number of thiophene rings is 1. The number of carbonyl (C=O) groups is 2. The van der Waals surface area contributed by atoms with E-state index >= 15 is 0 Å². The lowest BCUT2D eigenvalue weighted by Crippen LogP contribution is -2.36. The Balaban J connectivity index is 1.63. The van der Waals surface area contributed by atoms with Gasteiger partial charge in [-0.05, 0) is 37.0 Å². The van der Waals surface area contributed by atoms with Gasteiger partial charge in [0.1, 0.15) is 5.00 Å². The predicted molar refractivity (Wildman–Crippen MR) is 114 cm³/mol. The third-order valence-electron chi connectivity index (χ3n) is 4.64. The van der Waals surface area contributed by atoms with Crippen LogP contribution in [0, 0.1) is 5.41 Å². The number of nitrogens with zero attached hydrogens (tertiary/aromatic N) is 2. The van der Waals surface area contributed by atoms with E-state index in [9.17, 15) is 9.59 Å². The van der Waals surface area contributed by atoms with Gasteiger partial charge in [-0.25, -0.2) is 4.79 Å². The van der Waals surface area contributed by atoms with Gasteiger partial charge in [-0.1, -0.05) is 12.1 Å². The first-order chi connectivity index (χ1) is 14.1. The number of aryl methyl sites for hydroxylation is 1. The number of anilines is 1. The van der Waals surface area contributed by atoms with Crippen molar-refractivity contribution in [3.8, 4) is 0 Å². The van der Waals surface area contributed by atoms with E-state index in [0.717, 1.165) is 21.7 Å². The highest BCUT2D eigenvalue weighted by atomic mass is 32.1. The van der Waals surface area contributed by atoms with Crippen LogP contribution >= 0.6 is 11.3 Å². The predicted octanol–water partition coefficient (Wildman–Crippen LogP) is 3.78. The number of nitrogens with one attached hydrogen (secondary N) is 2. The molecule has 2 aromatic rings. The third kappa shape index (κ3) is 5.29. The van der Waals surface area contributed by atoms with Gasteiger partial charge in [-0.3, -0.25) is 9.78 Å². The fourth-order valence-electron chi connectivity index (χ4n) is 3.13. The molecule has 0 spiro atoms. The zero-order chi connectivity index (χ0) is 20.6. The van der Waals surface area contributed by atoms with Gasteiger partial charge >= 0.3 is 6.09 Å². The smallest absolute Gasteiger partial charge is 0.410 e. The fourth-order valence-corrected chi connectivity index (χ4v) is 4.39. The van der Waals surface area contributed by atoms with Crippen molar-refractivity contribution >= 4 is 34.6 Å². The Labute approximate surface area is 173 Å². The van der Waals surface area contributed by atoms with E-state index in [0.29, 0.717) is 50.4 Å². The van der Waals surface area contributed by atoms with Gasteiger partial charge in [0.2, 0.25) is 5.91 Å². The Kier molecular flexibility index (Phi) is 7.13. The minimum absolute atomic E-state index is 0.113. The zero-order valence-electron chi connectivity index (χ0n) is 16.1. The minimum atomic E-state index is -0.344. The first-order valence-electron chi connectivity index (χ1n) is 9.49. The summed E-state index contributed by atoms with van der Waals surface area (Å²) < 4.78 is 5.24. The number of pyridine rings is 1. The molecule has 0 atom stereocenters. The molecule has 0 fully saturated rings. The summed E-state index contributed by atoms with van der Waals surface area (Å²) in [6.45, 7) is 4.89. The molecule has 0 bridgehead atoms. The second-order valence-electron chi connectivity index (χ2n) is 6.62. The first kappa shape index (κ1) is 20.7. The summed E-state index contributed by atoms with van der Waals surface area (Å²) in [5, 5.41) is 11.4. The molecule has 0 aliphatic carbocycles. The lowest BCUT2D eigenvalue weighted by Gasteiger charge is -2.26. The maximum atomic E-state index is 12.4. The van der Waals surface area contributed by atoms with Crippen LogP contribution in [0.15, 0.2) is 37.1 Å². The van der Waals surface area contributed by atoms with Gasteiger partial charge in [-0.2, -0.15) is 0 Å². The first-order valence-corrected chi connectivity index (χ1v) is 10.3. The molecule has 1 aliphatic rings. The number of aromatic nitrogens is 1. The topological polar surface area (TPSA) is 95.4 Å². The molecule has 7 nitrogen and oxygen atoms in total. The van der Waals surface area contributed by atoms with Crippen molar-refractivity contribution in [2.75, 3.05) is 18.5 Å². The quantitative estimate of drug-likeness (QED) is 0.392. The normalized spacial score (nSPS) is 12.8. The Morgan fingerprint density at radius 1 is 1.41 bits per heavy atom. The van der Waals surface area contributed by atoms with Crippen molar-refractivity contribution in [3.63, 3.8) is 0 Å². The Morgan fingerprint density at radius 3 is 3.00 bits per heavy atom. The summed E-state index contributed by atoms with van der Waals surface area (Å²) in [5.41, 5.74) is 2.63. The lowest BCUT2D eigenvalue weighted by molar-refractivity contribution is -0.116. The van der Waals surface area contributed by atoms with Crippen LogP contribution in [-0.2, 0) is 28.9 Å². The molecule has 29 heavy (non-hydrogen) atoms. The van der Waals surface area contributed by atoms with Crippen molar-refractivity contribution < 1.29 is 14.3 Å². The molecule has 152 valence electrons.